The minimum Gasteiger partial charge on any atom is -0.467 e. The molecule has 4 rings (SSSR count). The van der Waals surface area contributed by atoms with E-state index in [-0.39, 0.29) is 11.4 Å². The summed E-state index contributed by atoms with van der Waals surface area (Å²) in [6.07, 6.45) is 2.94. The van der Waals surface area contributed by atoms with E-state index in [1.165, 1.54) is 13.1 Å². The number of amides is 1. The van der Waals surface area contributed by atoms with Crippen molar-refractivity contribution >= 4 is 38.7 Å². The lowest BCUT2D eigenvalue weighted by molar-refractivity contribution is 0.102. The van der Waals surface area contributed by atoms with Crippen LogP contribution in [0.25, 0.3) is 0 Å². The van der Waals surface area contributed by atoms with Gasteiger partial charge in [0, 0.05) is 17.3 Å². The standard InChI is InChI=1S/C26H25ClN4O4S/c1-3-36(33,34)26-28-15-23(24(30-26)25(32)29-20-12-11-18(2)22(27)14-20)31(17-21-10-7-13-35-21)16-19-8-5-4-6-9-19/h4-15H,3,16-17H2,1-2H3,(H,29,32). The van der Waals surface area contributed by atoms with E-state index in [1.54, 1.807) is 30.5 Å². The highest BCUT2D eigenvalue weighted by molar-refractivity contribution is 7.91. The van der Waals surface area contributed by atoms with E-state index in [0.29, 0.717) is 35.2 Å². The Kier molecular flexibility index (Phi) is 7.71. The van der Waals surface area contributed by atoms with E-state index in [9.17, 15) is 13.2 Å². The van der Waals surface area contributed by atoms with Crippen LogP contribution in [-0.2, 0) is 22.9 Å². The maximum Gasteiger partial charge on any atom is 0.276 e. The third kappa shape index (κ3) is 5.92. The maximum absolute atomic E-state index is 13.5. The number of anilines is 2. The molecule has 8 nitrogen and oxygen atoms in total. The van der Waals surface area contributed by atoms with Gasteiger partial charge in [-0.15, -0.1) is 0 Å². The van der Waals surface area contributed by atoms with Gasteiger partial charge in [-0.2, -0.15) is 0 Å². The summed E-state index contributed by atoms with van der Waals surface area (Å²) in [6.45, 7) is 4.07. The molecule has 1 N–H and O–H groups in total. The average Bonchev–Trinajstić information content (AvgIpc) is 3.39. The number of aryl methyl sites for hydroxylation is 1. The molecule has 1 amide bonds. The molecule has 4 aromatic rings. The van der Waals surface area contributed by atoms with Gasteiger partial charge in [-0.3, -0.25) is 4.79 Å². The van der Waals surface area contributed by atoms with Crippen LogP contribution in [-0.4, -0.2) is 30.0 Å². The SMILES string of the molecule is CCS(=O)(=O)c1ncc(N(Cc2ccccc2)Cc2ccco2)c(C(=O)Nc2ccc(C)c(Cl)c2)n1. The van der Waals surface area contributed by atoms with E-state index in [0.717, 1.165) is 11.1 Å². The molecule has 0 radical (unpaired) electrons. The monoisotopic (exact) mass is 524 g/mol. The second kappa shape index (κ2) is 10.9. The van der Waals surface area contributed by atoms with Crippen LogP contribution in [0.15, 0.2) is 82.7 Å². The first kappa shape index (κ1) is 25.4. The summed E-state index contributed by atoms with van der Waals surface area (Å²) in [6, 6.07) is 18.4. The molecule has 0 spiro atoms. The molecule has 0 saturated heterocycles. The molecule has 2 aromatic carbocycles. The fourth-order valence-electron chi connectivity index (χ4n) is 3.52. The van der Waals surface area contributed by atoms with Crippen LogP contribution in [0.5, 0.6) is 0 Å². The largest absolute Gasteiger partial charge is 0.467 e. The summed E-state index contributed by atoms with van der Waals surface area (Å²) in [5.41, 5.74) is 2.59. The number of nitrogens with zero attached hydrogens (tertiary/aromatic N) is 3. The molecule has 0 aliphatic carbocycles. The van der Waals surface area contributed by atoms with Crippen molar-refractivity contribution in [1.82, 2.24) is 9.97 Å². The molecule has 0 bridgehead atoms. The molecule has 10 heteroatoms. The van der Waals surface area contributed by atoms with Gasteiger partial charge >= 0.3 is 0 Å². The predicted octanol–water partition coefficient (Wildman–Crippen LogP) is 5.28. The minimum absolute atomic E-state index is 0.0730. The Morgan fingerprint density at radius 2 is 1.86 bits per heavy atom. The van der Waals surface area contributed by atoms with Gasteiger partial charge < -0.3 is 14.6 Å². The Labute approximate surface area is 214 Å². The topological polar surface area (TPSA) is 105 Å². The quantitative estimate of drug-likeness (QED) is 0.297. The number of sulfone groups is 1. The molecule has 2 aromatic heterocycles. The number of carbonyl (C=O) groups is 1. The summed E-state index contributed by atoms with van der Waals surface area (Å²) >= 11 is 6.22. The van der Waals surface area contributed by atoms with Crippen molar-refractivity contribution in [3.8, 4) is 0 Å². The molecule has 186 valence electrons. The molecule has 36 heavy (non-hydrogen) atoms. The molecule has 0 saturated carbocycles. The Bertz CT molecular complexity index is 1460. The van der Waals surface area contributed by atoms with Crippen molar-refractivity contribution in [1.29, 1.82) is 0 Å². The van der Waals surface area contributed by atoms with Gasteiger partial charge in [0.2, 0.25) is 15.0 Å². The van der Waals surface area contributed by atoms with Gasteiger partial charge in [0.1, 0.15) is 5.76 Å². The average molecular weight is 525 g/mol. The lowest BCUT2D eigenvalue weighted by atomic mass is 10.1. The first-order valence-electron chi connectivity index (χ1n) is 11.3. The fraction of sp³-hybridized carbons (Fsp3) is 0.192. The number of benzene rings is 2. The fourth-order valence-corrected chi connectivity index (χ4v) is 4.40. The number of hydrogen-bond donors (Lipinski definition) is 1. The highest BCUT2D eigenvalue weighted by Gasteiger charge is 2.25. The Morgan fingerprint density at radius 3 is 2.53 bits per heavy atom. The number of hydrogen-bond acceptors (Lipinski definition) is 7. The van der Waals surface area contributed by atoms with E-state index < -0.39 is 20.9 Å². The zero-order chi connectivity index (χ0) is 25.7. The first-order valence-corrected chi connectivity index (χ1v) is 13.3. The second-order valence-corrected chi connectivity index (χ2v) is 10.7. The Balaban J connectivity index is 1.79. The summed E-state index contributed by atoms with van der Waals surface area (Å²) in [5.74, 6) is -0.119. The summed E-state index contributed by atoms with van der Waals surface area (Å²) < 4.78 is 30.6. The van der Waals surface area contributed by atoms with Gasteiger partial charge in [0.25, 0.3) is 5.91 Å². The summed E-state index contributed by atoms with van der Waals surface area (Å²) in [5, 5.41) is 2.87. The molecule has 0 aliphatic rings. The third-order valence-electron chi connectivity index (χ3n) is 5.53. The van der Waals surface area contributed by atoms with Gasteiger partial charge in [-0.1, -0.05) is 54.9 Å². The number of aromatic nitrogens is 2. The number of furan rings is 1. The first-order chi connectivity index (χ1) is 17.3. The third-order valence-corrected chi connectivity index (χ3v) is 7.45. The van der Waals surface area contributed by atoms with Crippen molar-refractivity contribution in [3.05, 3.63) is 101 Å². The van der Waals surface area contributed by atoms with Crippen molar-refractivity contribution in [2.24, 2.45) is 0 Å². The van der Waals surface area contributed by atoms with Crippen LogP contribution in [0.3, 0.4) is 0 Å². The minimum atomic E-state index is -3.75. The molecule has 2 heterocycles. The molecule has 0 atom stereocenters. The van der Waals surface area contributed by atoms with Gasteiger partial charge in [0.05, 0.1) is 30.4 Å². The number of nitrogens with one attached hydrogen (secondary N) is 1. The molecule has 0 aliphatic heterocycles. The van der Waals surface area contributed by atoms with Crippen LogP contribution < -0.4 is 10.2 Å². The number of halogens is 1. The Morgan fingerprint density at radius 1 is 1.08 bits per heavy atom. The number of rotatable bonds is 9. The van der Waals surface area contributed by atoms with E-state index in [2.05, 4.69) is 15.3 Å². The number of carbonyl (C=O) groups excluding carboxylic acids is 1. The van der Waals surface area contributed by atoms with E-state index in [1.807, 2.05) is 48.2 Å². The predicted molar refractivity (Wildman–Crippen MR) is 139 cm³/mol. The van der Waals surface area contributed by atoms with Crippen LogP contribution in [0.4, 0.5) is 11.4 Å². The van der Waals surface area contributed by atoms with Gasteiger partial charge in [-0.05, 0) is 42.3 Å². The van der Waals surface area contributed by atoms with Crippen molar-refractivity contribution in [2.75, 3.05) is 16.0 Å². The maximum atomic E-state index is 13.5. The smallest absolute Gasteiger partial charge is 0.276 e. The van der Waals surface area contributed by atoms with Crippen LogP contribution in [0.2, 0.25) is 5.02 Å². The molecule has 0 unspecified atom stereocenters. The lowest BCUT2D eigenvalue weighted by Gasteiger charge is -2.25. The van der Waals surface area contributed by atoms with Gasteiger partial charge in [0.15, 0.2) is 5.69 Å². The summed E-state index contributed by atoms with van der Waals surface area (Å²) in [4.78, 5) is 23.7. The Hall–Kier alpha value is -3.69. The highest BCUT2D eigenvalue weighted by Crippen LogP contribution is 2.26. The van der Waals surface area contributed by atoms with E-state index >= 15 is 0 Å². The molecular formula is C26H25ClN4O4S. The normalized spacial score (nSPS) is 11.3. The molecular weight excluding hydrogens is 500 g/mol. The summed E-state index contributed by atoms with van der Waals surface area (Å²) in [7, 11) is -3.75. The van der Waals surface area contributed by atoms with E-state index in [4.69, 9.17) is 16.0 Å². The van der Waals surface area contributed by atoms with Crippen molar-refractivity contribution in [2.45, 2.75) is 32.1 Å². The van der Waals surface area contributed by atoms with Crippen molar-refractivity contribution < 1.29 is 17.6 Å². The van der Waals surface area contributed by atoms with Crippen LogP contribution in [0.1, 0.15) is 34.3 Å². The molecule has 0 fully saturated rings. The van der Waals surface area contributed by atoms with Crippen LogP contribution >= 0.6 is 11.6 Å². The lowest BCUT2D eigenvalue weighted by Crippen LogP contribution is -2.27. The zero-order valence-corrected chi connectivity index (χ0v) is 21.4. The second-order valence-electron chi connectivity index (χ2n) is 8.13. The zero-order valence-electron chi connectivity index (χ0n) is 19.8. The van der Waals surface area contributed by atoms with Gasteiger partial charge in [-0.25, -0.2) is 18.4 Å². The van der Waals surface area contributed by atoms with Crippen molar-refractivity contribution in [3.63, 3.8) is 0 Å². The highest BCUT2D eigenvalue weighted by atomic mass is 35.5. The van der Waals surface area contributed by atoms with Crippen LogP contribution in [0, 0.1) is 6.92 Å².